The number of para-hydroxylation sites is 1. The second-order valence-electron chi connectivity index (χ2n) is 6.46. The minimum atomic E-state index is -0.687. The van der Waals surface area contributed by atoms with Gasteiger partial charge in [-0.15, -0.1) is 0 Å². The summed E-state index contributed by atoms with van der Waals surface area (Å²) in [6.45, 7) is 0.339. The first-order valence-corrected chi connectivity index (χ1v) is 9.82. The molecule has 3 N–H and O–H groups in total. The number of nitrogens with zero attached hydrogens (tertiary/aromatic N) is 5. The van der Waals surface area contributed by atoms with Crippen molar-refractivity contribution in [2.75, 3.05) is 12.4 Å². The Bertz CT molecular complexity index is 1210. The van der Waals surface area contributed by atoms with E-state index in [4.69, 9.17) is 33.7 Å². The molecule has 2 heterocycles. The Labute approximate surface area is 187 Å². The Hall–Kier alpha value is -3.40. The van der Waals surface area contributed by atoms with Gasteiger partial charge in [0.15, 0.2) is 11.5 Å². The molecular weight excluding hydrogens is 441 g/mol. The van der Waals surface area contributed by atoms with E-state index in [1.54, 1.807) is 36.2 Å². The molecule has 1 amide bonds. The molecule has 31 heavy (non-hydrogen) atoms. The van der Waals surface area contributed by atoms with Gasteiger partial charge in [0, 0.05) is 12.8 Å². The van der Waals surface area contributed by atoms with Gasteiger partial charge in [-0.1, -0.05) is 29.3 Å². The number of hydrogen-bond acceptors (Lipinski definition) is 6. The molecule has 0 aliphatic rings. The van der Waals surface area contributed by atoms with Crippen molar-refractivity contribution < 1.29 is 9.53 Å². The number of amides is 1. The van der Waals surface area contributed by atoms with E-state index in [1.807, 2.05) is 24.3 Å². The molecular formula is C20H17Cl2N7O2. The van der Waals surface area contributed by atoms with Crippen LogP contribution in [0.15, 0.2) is 55.0 Å². The van der Waals surface area contributed by atoms with Gasteiger partial charge in [0.25, 0.3) is 5.91 Å². The lowest BCUT2D eigenvalue weighted by molar-refractivity contribution is 0.0996. The highest BCUT2D eigenvalue weighted by atomic mass is 35.5. The normalized spacial score (nSPS) is 10.9. The van der Waals surface area contributed by atoms with Crippen LogP contribution in [-0.2, 0) is 11.3 Å². The summed E-state index contributed by atoms with van der Waals surface area (Å²) in [5.74, 6) is -0.00927. The molecule has 2 aromatic heterocycles. The summed E-state index contributed by atoms with van der Waals surface area (Å²) in [6, 6.07) is 12.5. The molecule has 4 rings (SSSR count). The van der Waals surface area contributed by atoms with Gasteiger partial charge in [0.2, 0.25) is 0 Å². The molecule has 0 aliphatic carbocycles. The van der Waals surface area contributed by atoms with Crippen LogP contribution in [0.1, 0.15) is 16.3 Å². The van der Waals surface area contributed by atoms with Crippen LogP contribution in [0, 0.1) is 0 Å². The van der Waals surface area contributed by atoms with Crippen molar-refractivity contribution in [2.45, 2.75) is 6.61 Å². The number of ether oxygens (including phenoxy) is 1. The van der Waals surface area contributed by atoms with E-state index in [-0.39, 0.29) is 5.69 Å². The third-order valence-electron chi connectivity index (χ3n) is 4.40. The standard InChI is InChI=1S/C20H17Cl2N7O2/c1-31-10-17-24-11-25-29(17)13-7-5-12(6-8-13)26-16-9-28(27-18(16)20(23)30)19-14(21)3-2-4-15(19)22/h2-9,11,26H,10H2,1H3,(H2,23,30). The number of nitrogens with one attached hydrogen (secondary N) is 1. The molecule has 0 saturated carbocycles. The number of benzene rings is 2. The van der Waals surface area contributed by atoms with Crippen LogP contribution in [0.25, 0.3) is 11.4 Å². The van der Waals surface area contributed by atoms with Crippen LogP contribution in [0.2, 0.25) is 10.0 Å². The van der Waals surface area contributed by atoms with Gasteiger partial charge >= 0.3 is 0 Å². The predicted octanol–water partition coefficient (Wildman–Crippen LogP) is 3.75. The number of aromatic nitrogens is 5. The van der Waals surface area contributed by atoms with Gasteiger partial charge in [-0.25, -0.2) is 14.3 Å². The summed E-state index contributed by atoms with van der Waals surface area (Å²) < 4.78 is 8.24. The highest BCUT2D eigenvalue weighted by Crippen LogP contribution is 2.30. The zero-order valence-corrected chi connectivity index (χ0v) is 17.8. The Morgan fingerprint density at radius 3 is 2.52 bits per heavy atom. The number of methoxy groups -OCH3 is 1. The fourth-order valence-electron chi connectivity index (χ4n) is 3.02. The molecule has 0 atom stereocenters. The number of halogens is 2. The van der Waals surface area contributed by atoms with E-state index in [9.17, 15) is 4.79 Å². The molecule has 0 saturated heterocycles. The molecule has 0 spiro atoms. The van der Waals surface area contributed by atoms with Crippen molar-refractivity contribution in [3.63, 3.8) is 0 Å². The number of anilines is 2. The third kappa shape index (κ3) is 4.24. The first-order valence-electron chi connectivity index (χ1n) is 9.07. The maximum absolute atomic E-state index is 11.9. The van der Waals surface area contributed by atoms with E-state index in [1.165, 1.54) is 11.0 Å². The van der Waals surface area contributed by atoms with Crippen LogP contribution >= 0.6 is 23.2 Å². The van der Waals surface area contributed by atoms with Crippen molar-refractivity contribution in [1.82, 2.24) is 24.5 Å². The van der Waals surface area contributed by atoms with Gasteiger partial charge in [-0.3, -0.25) is 4.79 Å². The van der Waals surface area contributed by atoms with E-state index in [0.717, 1.165) is 5.69 Å². The lowest BCUT2D eigenvalue weighted by atomic mass is 10.2. The fraction of sp³-hybridized carbons (Fsp3) is 0.100. The lowest BCUT2D eigenvalue weighted by Gasteiger charge is -2.08. The second kappa shape index (κ2) is 8.76. The van der Waals surface area contributed by atoms with Gasteiger partial charge in [-0.05, 0) is 36.4 Å². The van der Waals surface area contributed by atoms with Crippen molar-refractivity contribution in [1.29, 1.82) is 0 Å². The predicted molar refractivity (Wildman–Crippen MR) is 117 cm³/mol. The van der Waals surface area contributed by atoms with Gasteiger partial charge in [0.05, 0.1) is 27.6 Å². The van der Waals surface area contributed by atoms with E-state index in [2.05, 4.69) is 20.5 Å². The number of primary amides is 1. The Kier molecular flexibility index (Phi) is 5.90. The highest BCUT2D eigenvalue weighted by molar-refractivity contribution is 6.37. The first-order chi connectivity index (χ1) is 15.0. The molecule has 0 fully saturated rings. The minimum absolute atomic E-state index is 0.0544. The number of nitrogens with two attached hydrogens (primary N) is 1. The van der Waals surface area contributed by atoms with E-state index in [0.29, 0.717) is 39.5 Å². The zero-order chi connectivity index (χ0) is 22.0. The van der Waals surface area contributed by atoms with Crippen LogP contribution in [-0.4, -0.2) is 37.6 Å². The van der Waals surface area contributed by atoms with E-state index < -0.39 is 5.91 Å². The first kappa shape index (κ1) is 20.9. The SMILES string of the molecule is COCc1ncnn1-c1ccc(Nc2cn(-c3c(Cl)cccc3Cl)nc2C(N)=O)cc1. The summed E-state index contributed by atoms with van der Waals surface area (Å²) in [6.07, 6.45) is 3.07. The summed E-state index contributed by atoms with van der Waals surface area (Å²) in [5, 5.41) is 12.4. The van der Waals surface area contributed by atoms with Gasteiger partial charge in [-0.2, -0.15) is 10.2 Å². The van der Waals surface area contributed by atoms with Crippen molar-refractivity contribution >= 4 is 40.5 Å². The quantitative estimate of drug-likeness (QED) is 0.436. The molecule has 0 unspecified atom stereocenters. The van der Waals surface area contributed by atoms with Crippen LogP contribution in [0.5, 0.6) is 0 Å². The topological polar surface area (TPSA) is 113 Å². The van der Waals surface area contributed by atoms with Gasteiger partial charge in [0.1, 0.15) is 18.6 Å². The summed E-state index contributed by atoms with van der Waals surface area (Å²) in [7, 11) is 1.60. The number of rotatable bonds is 7. The lowest BCUT2D eigenvalue weighted by Crippen LogP contribution is -2.14. The molecule has 11 heteroatoms. The van der Waals surface area contributed by atoms with Gasteiger partial charge < -0.3 is 15.8 Å². The average molecular weight is 458 g/mol. The zero-order valence-electron chi connectivity index (χ0n) is 16.3. The largest absolute Gasteiger partial charge is 0.377 e. The smallest absolute Gasteiger partial charge is 0.271 e. The maximum atomic E-state index is 11.9. The number of carbonyl (C=O) groups excluding carboxylic acids is 1. The van der Waals surface area contributed by atoms with Crippen molar-refractivity contribution in [3.8, 4) is 11.4 Å². The van der Waals surface area contributed by atoms with Crippen LogP contribution in [0.3, 0.4) is 0 Å². The molecule has 0 radical (unpaired) electrons. The fourth-order valence-corrected chi connectivity index (χ4v) is 3.59. The van der Waals surface area contributed by atoms with E-state index >= 15 is 0 Å². The molecule has 0 bridgehead atoms. The summed E-state index contributed by atoms with van der Waals surface area (Å²) >= 11 is 12.5. The van der Waals surface area contributed by atoms with Crippen molar-refractivity contribution in [2.24, 2.45) is 5.73 Å². The van der Waals surface area contributed by atoms with Crippen LogP contribution in [0.4, 0.5) is 11.4 Å². The summed E-state index contributed by atoms with van der Waals surface area (Å²) in [4.78, 5) is 16.1. The Morgan fingerprint density at radius 2 is 1.87 bits per heavy atom. The average Bonchev–Trinajstić information content (AvgIpc) is 3.36. The maximum Gasteiger partial charge on any atom is 0.271 e. The number of carbonyl (C=O) groups is 1. The molecule has 2 aromatic carbocycles. The van der Waals surface area contributed by atoms with Crippen LogP contribution < -0.4 is 11.1 Å². The Balaban J connectivity index is 1.64. The molecule has 4 aromatic rings. The Morgan fingerprint density at radius 1 is 1.16 bits per heavy atom. The molecule has 158 valence electrons. The minimum Gasteiger partial charge on any atom is -0.377 e. The second-order valence-corrected chi connectivity index (χ2v) is 7.28. The monoisotopic (exact) mass is 457 g/mol. The summed E-state index contributed by atoms with van der Waals surface area (Å²) in [5.41, 5.74) is 7.96. The third-order valence-corrected chi connectivity index (χ3v) is 5.01. The highest BCUT2D eigenvalue weighted by Gasteiger charge is 2.18. The number of hydrogen-bond donors (Lipinski definition) is 2. The molecule has 9 nitrogen and oxygen atoms in total. The molecule has 0 aliphatic heterocycles. The van der Waals surface area contributed by atoms with Crippen molar-refractivity contribution in [3.05, 3.63) is 76.6 Å².